The summed E-state index contributed by atoms with van der Waals surface area (Å²) >= 11 is 4.93. The van der Waals surface area contributed by atoms with E-state index in [4.69, 9.17) is 22.7 Å². The molecule has 0 atom stereocenters. The van der Waals surface area contributed by atoms with Crippen molar-refractivity contribution in [2.75, 3.05) is 20.2 Å². The summed E-state index contributed by atoms with van der Waals surface area (Å²) in [7, 11) is -1.86. The first-order chi connectivity index (χ1) is 9.86. The average molecular weight is 328 g/mol. The van der Waals surface area contributed by atoms with Crippen molar-refractivity contribution in [3.05, 3.63) is 29.3 Å². The lowest BCUT2D eigenvalue weighted by Gasteiger charge is -2.30. The lowest BCUT2D eigenvalue weighted by Crippen LogP contribution is -2.40. The number of rotatable bonds is 4. The number of aryl methyl sites for hydroxylation is 1. The third-order valence-corrected chi connectivity index (χ3v) is 6.10. The molecule has 1 aromatic rings. The molecule has 1 heterocycles. The second kappa shape index (κ2) is 6.39. The van der Waals surface area contributed by atoms with Gasteiger partial charge in [0.15, 0.2) is 0 Å². The molecular formula is C14H20N2O3S2. The van der Waals surface area contributed by atoms with E-state index in [0.29, 0.717) is 37.1 Å². The van der Waals surface area contributed by atoms with E-state index >= 15 is 0 Å². The molecule has 0 saturated carbocycles. The number of thiocarbonyl (C=S) groups is 1. The molecular weight excluding hydrogens is 308 g/mol. The molecule has 0 aliphatic carbocycles. The maximum Gasteiger partial charge on any atom is 0.243 e. The first-order valence-corrected chi connectivity index (χ1v) is 8.64. The van der Waals surface area contributed by atoms with Gasteiger partial charge in [0.2, 0.25) is 10.0 Å². The summed E-state index contributed by atoms with van der Waals surface area (Å²) in [6, 6.07) is 5.05. The van der Waals surface area contributed by atoms with Gasteiger partial charge in [-0.2, -0.15) is 4.31 Å². The Balaban J connectivity index is 2.32. The summed E-state index contributed by atoms with van der Waals surface area (Å²) in [6.07, 6.45) is 1.56. The summed E-state index contributed by atoms with van der Waals surface area (Å²) in [5.74, 6) is 0. The summed E-state index contributed by atoms with van der Waals surface area (Å²) in [5.41, 5.74) is 6.87. The fourth-order valence-electron chi connectivity index (χ4n) is 2.48. The molecule has 1 aliphatic rings. The van der Waals surface area contributed by atoms with E-state index in [0.717, 1.165) is 0 Å². The zero-order chi connectivity index (χ0) is 15.6. The Labute approximate surface area is 131 Å². The van der Waals surface area contributed by atoms with Gasteiger partial charge in [0, 0.05) is 25.8 Å². The topological polar surface area (TPSA) is 72.6 Å². The summed E-state index contributed by atoms with van der Waals surface area (Å²) in [6.45, 7) is 2.72. The number of nitrogens with two attached hydrogens (primary N) is 1. The van der Waals surface area contributed by atoms with Crippen LogP contribution in [0.4, 0.5) is 0 Å². The summed E-state index contributed by atoms with van der Waals surface area (Å²) in [4.78, 5) is 0.480. The molecule has 0 aromatic heterocycles. The Morgan fingerprint density at radius 2 is 2.00 bits per heavy atom. The van der Waals surface area contributed by atoms with Crippen LogP contribution in [0.15, 0.2) is 23.1 Å². The van der Waals surface area contributed by atoms with Gasteiger partial charge in [-0.1, -0.05) is 24.4 Å². The lowest BCUT2D eigenvalue weighted by atomic mass is 10.1. The van der Waals surface area contributed by atoms with E-state index in [2.05, 4.69) is 0 Å². The van der Waals surface area contributed by atoms with Crippen LogP contribution in [0.2, 0.25) is 0 Å². The van der Waals surface area contributed by atoms with E-state index in [1.54, 1.807) is 32.2 Å². The maximum absolute atomic E-state index is 12.8. The van der Waals surface area contributed by atoms with Gasteiger partial charge >= 0.3 is 0 Å². The molecule has 1 saturated heterocycles. The minimum Gasteiger partial charge on any atom is -0.389 e. The van der Waals surface area contributed by atoms with Crippen molar-refractivity contribution >= 4 is 27.2 Å². The average Bonchev–Trinajstić information content (AvgIpc) is 2.47. The molecule has 0 unspecified atom stereocenters. The number of benzene rings is 1. The largest absolute Gasteiger partial charge is 0.389 e. The minimum absolute atomic E-state index is 0.139. The highest BCUT2D eigenvalue weighted by molar-refractivity contribution is 7.89. The fraction of sp³-hybridized carbons (Fsp3) is 0.500. The predicted molar refractivity (Wildman–Crippen MR) is 85.9 cm³/mol. The van der Waals surface area contributed by atoms with Crippen molar-refractivity contribution in [2.45, 2.75) is 30.8 Å². The van der Waals surface area contributed by atoms with E-state index in [1.807, 2.05) is 0 Å². The molecule has 7 heteroatoms. The number of ether oxygens (including phenoxy) is 1. The van der Waals surface area contributed by atoms with E-state index in [1.165, 1.54) is 4.31 Å². The number of sulfonamides is 1. The second-order valence-corrected chi connectivity index (χ2v) is 7.53. The molecule has 5 nitrogen and oxygen atoms in total. The molecule has 0 amide bonds. The van der Waals surface area contributed by atoms with Crippen molar-refractivity contribution in [3.8, 4) is 0 Å². The highest BCUT2D eigenvalue weighted by Gasteiger charge is 2.30. The van der Waals surface area contributed by atoms with Crippen LogP contribution in [-0.4, -0.2) is 44.0 Å². The number of nitrogens with zero attached hydrogens (tertiary/aromatic N) is 1. The molecule has 1 aliphatic heterocycles. The van der Waals surface area contributed by atoms with Crippen molar-refractivity contribution in [2.24, 2.45) is 5.73 Å². The third-order valence-electron chi connectivity index (χ3n) is 3.82. The molecule has 21 heavy (non-hydrogen) atoms. The van der Waals surface area contributed by atoms with Crippen molar-refractivity contribution < 1.29 is 13.2 Å². The molecule has 116 valence electrons. The Bertz CT molecular complexity index is 636. The van der Waals surface area contributed by atoms with E-state index in [9.17, 15) is 8.42 Å². The van der Waals surface area contributed by atoms with E-state index in [-0.39, 0.29) is 16.0 Å². The summed E-state index contributed by atoms with van der Waals surface area (Å²) in [5, 5.41) is 0. The van der Waals surface area contributed by atoms with Crippen LogP contribution in [0, 0.1) is 6.92 Å². The molecule has 2 N–H and O–H groups in total. The van der Waals surface area contributed by atoms with Gasteiger partial charge in [-0.05, 0) is 31.4 Å². The second-order valence-electron chi connectivity index (χ2n) is 5.18. The van der Waals surface area contributed by atoms with Gasteiger partial charge in [-0.3, -0.25) is 0 Å². The quantitative estimate of drug-likeness (QED) is 0.847. The van der Waals surface area contributed by atoms with Gasteiger partial charge in [-0.15, -0.1) is 0 Å². The van der Waals surface area contributed by atoms with Gasteiger partial charge in [0.25, 0.3) is 0 Å². The Kier molecular flexibility index (Phi) is 4.98. The van der Waals surface area contributed by atoms with Crippen LogP contribution in [-0.2, 0) is 14.8 Å². The number of piperidine rings is 1. The smallest absolute Gasteiger partial charge is 0.243 e. The SMILES string of the molecule is COC1CCN(S(=O)(=O)c2cc(C(N)=S)ccc2C)CC1. The third kappa shape index (κ3) is 3.42. The zero-order valence-corrected chi connectivity index (χ0v) is 13.8. The Morgan fingerprint density at radius 1 is 1.38 bits per heavy atom. The highest BCUT2D eigenvalue weighted by Crippen LogP contribution is 2.25. The monoisotopic (exact) mass is 328 g/mol. The van der Waals surface area contributed by atoms with Crippen LogP contribution in [0.3, 0.4) is 0 Å². The normalized spacial score (nSPS) is 17.8. The van der Waals surface area contributed by atoms with Crippen LogP contribution < -0.4 is 5.73 Å². The van der Waals surface area contributed by atoms with Gasteiger partial charge < -0.3 is 10.5 Å². The molecule has 1 fully saturated rings. The first kappa shape index (κ1) is 16.4. The zero-order valence-electron chi connectivity index (χ0n) is 12.2. The molecule has 0 spiro atoms. The number of methoxy groups -OCH3 is 1. The predicted octanol–water partition coefficient (Wildman–Crippen LogP) is 1.43. The number of hydrogen-bond donors (Lipinski definition) is 1. The highest BCUT2D eigenvalue weighted by atomic mass is 32.2. The van der Waals surface area contributed by atoms with Gasteiger partial charge in [-0.25, -0.2) is 8.42 Å². The molecule has 2 rings (SSSR count). The Morgan fingerprint density at radius 3 is 2.52 bits per heavy atom. The molecule has 0 radical (unpaired) electrons. The van der Waals surface area contributed by atoms with Crippen LogP contribution >= 0.6 is 12.2 Å². The summed E-state index contributed by atoms with van der Waals surface area (Å²) < 4.78 is 32.3. The van der Waals surface area contributed by atoms with Crippen LogP contribution in [0.25, 0.3) is 0 Å². The fourth-order valence-corrected chi connectivity index (χ4v) is 4.33. The maximum atomic E-state index is 12.8. The first-order valence-electron chi connectivity index (χ1n) is 6.79. The van der Waals surface area contributed by atoms with Gasteiger partial charge in [0.1, 0.15) is 4.99 Å². The van der Waals surface area contributed by atoms with E-state index < -0.39 is 10.0 Å². The van der Waals surface area contributed by atoms with Crippen molar-refractivity contribution in [3.63, 3.8) is 0 Å². The molecule has 0 bridgehead atoms. The van der Waals surface area contributed by atoms with Crippen molar-refractivity contribution in [1.29, 1.82) is 0 Å². The minimum atomic E-state index is -3.52. The molecule has 1 aromatic carbocycles. The Hall–Kier alpha value is -1.02. The lowest BCUT2D eigenvalue weighted by molar-refractivity contribution is 0.0604. The number of hydrogen-bond acceptors (Lipinski definition) is 4. The van der Waals surface area contributed by atoms with Crippen molar-refractivity contribution in [1.82, 2.24) is 4.31 Å². The van der Waals surface area contributed by atoms with Crippen LogP contribution in [0.5, 0.6) is 0 Å². The van der Waals surface area contributed by atoms with Gasteiger partial charge in [0.05, 0.1) is 11.0 Å². The standard InChI is InChI=1S/C14H20N2O3S2/c1-10-3-4-11(14(15)20)9-13(10)21(17,18)16-7-5-12(19-2)6-8-16/h3-4,9,12H,5-8H2,1-2H3,(H2,15,20). The van der Waals surface area contributed by atoms with Crippen LogP contribution in [0.1, 0.15) is 24.0 Å².